The molecule has 0 bridgehead atoms. The van der Waals surface area contributed by atoms with Gasteiger partial charge in [-0.05, 0) is 12.2 Å². The fourth-order valence-electron chi connectivity index (χ4n) is 0.158. The fourth-order valence-corrected chi connectivity index (χ4v) is 0.158. The zero-order valence-electron chi connectivity index (χ0n) is 6.86. The van der Waals surface area contributed by atoms with Crippen molar-refractivity contribution < 1.29 is 4.79 Å². The van der Waals surface area contributed by atoms with Gasteiger partial charge in [-0.2, -0.15) is 0 Å². The lowest BCUT2D eigenvalue weighted by atomic mass is 10.6. The predicted octanol–water partition coefficient (Wildman–Crippen LogP) is 0.331. The van der Waals surface area contributed by atoms with Crippen LogP contribution in [0.3, 0.4) is 0 Å². The van der Waals surface area contributed by atoms with E-state index in [4.69, 9.17) is 5.73 Å². The molecular weight excluding hydrogens is 154 g/mol. The summed E-state index contributed by atoms with van der Waals surface area (Å²) in [5, 5.41) is 0. The smallest absolute Gasteiger partial charge is 0.240 e. The number of carbonyl (C=O) groups excluding carboxylic acids is 1. The molecular formula is C8H13N3O. The third-order valence-corrected chi connectivity index (χ3v) is 0.651. The van der Waals surface area contributed by atoms with E-state index in [0.29, 0.717) is 5.84 Å². The van der Waals surface area contributed by atoms with E-state index in [9.17, 15) is 4.79 Å². The number of nitrogens with zero attached hydrogens (tertiary/aromatic N) is 1. The molecule has 12 heavy (non-hydrogen) atoms. The van der Waals surface area contributed by atoms with Crippen molar-refractivity contribution >= 4 is 11.7 Å². The van der Waals surface area contributed by atoms with Crippen molar-refractivity contribution in [2.24, 2.45) is 16.5 Å². The standard InChI is InChI=1S/C5H8N2.C3H5NO/c1-3-5(6)7-4-2;1-2-3(4)5/h3-4H,1-2H2,(H2,6,7);2H,1H2,(H2,4,5). The highest BCUT2D eigenvalue weighted by Gasteiger charge is 1.70. The molecule has 0 spiro atoms. The summed E-state index contributed by atoms with van der Waals surface area (Å²) in [7, 11) is 0. The summed E-state index contributed by atoms with van der Waals surface area (Å²) in [6.45, 7) is 9.79. The van der Waals surface area contributed by atoms with Gasteiger partial charge in [0.05, 0.1) is 0 Å². The second-order valence-corrected chi connectivity index (χ2v) is 1.55. The lowest BCUT2D eigenvalue weighted by Gasteiger charge is -1.80. The number of hydrogen-bond donors (Lipinski definition) is 2. The molecule has 0 unspecified atom stereocenters. The predicted molar refractivity (Wildman–Crippen MR) is 51.4 cm³/mol. The van der Waals surface area contributed by atoms with Crippen molar-refractivity contribution in [2.45, 2.75) is 0 Å². The highest BCUT2D eigenvalue weighted by molar-refractivity contribution is 5.91. The first-order valence-corrected chi connectivity index (χ1v) is 3.07. The molecule has 4 nitrogen and oxygen atoms in total. The van der Waals surface area contributed by atoms with E-state index < -0.39 is 5.91 Å². The van der Waals surface area contributed by atoms with E-state index in [-0.39, 0.29) is 0 Å². The highest BCUT2D eigenvalue weighted by atomic mass is 16.1. The molecule has 1 amide bonds. The molecule has 4 heteroatoms. The monoisotopic (exact) mass is 167 g/mol. The third-order valence-electron chi connectivity index (χ3n) is 0.651. The molecule has 0 rings (SSSR count). The molecule has 0 atom stereocenters. The maximum atomic E-state index is 9.47. The maximum Gasteiger partial charge on any atom is 0.240 e. The Labute approximate surface area is 72.0 Å². The Hall–Kier alpha value is -1.84. The lowest BCUT2D eigenvalue weighted by molar-refractivity contribution is -0.113. The van der Waals surface area contributed by atoms with Crippen LogP contribution in [0.1, 0.15) is 0 Å². The summed E-state index contributed by atoms with van der Waals surface area (Å²) in [4.78, 5) is 13.1. The van der Waals surface area contributed by atoms with Crippen LogP contribution in [0.5, 0.6) is 0 Å². The minimum atomic E-state index is -0.481. The van der Waals surface area contributed by atoms with Gasteiger partial charge in [-0.1, -0.05) is 19.7 Å². The van der Waals surface area contributed by atoms with Crippen molar-refractivity contribution in [2.75, 3.05) is 0 Å². The molecule has 0 aliphatic heterocycles. The van der Waals surface area contributed by atoms with Crippen molar-refractivity contribution in [3.8, 4) is 0 Å². The van der Waals surface area contributed by atoms with E-state index in [0.717, 1.165) is 6.08 Å². The van der Waals surface area contributed by atoms with Crippen molar-refractivity contribution in [1.82, 2.24) is 0 Å². The van der Waals surface area contributed by atoms with Crippen LogP contribution in [0.15, 0.2) is 43.1 Å². The van der Waals surface area contributed by atoms with Crippen LogP contribution in [0.4, 0.5) is 0 Å². The Balaban J connectivity index is 0. The summed E-state index contributed by atoms with van der Waals surface area (Å²) >= 11 is 0. The van der Waals surface area contributed by atoms with Crippen LogP contribution in [0, 0.1) is 0 Å². The molecule has 0 aliphatic carbocycles. The van der Waals surface area contributed by atoms with Crippen LogP contribution in [0.2, 0.25) is 0 Å². The minimum Gasteiger partial charge on any atom is -0.384 e. The second kappa shape index (κ2) is 9.16. The Morgan fingerprint density at radius 3 is 1.67 bits per heavy atom. The van der Waals surface area contributed by atoms with Crippen LogP contribution in [-0.4, -0.2) is 11.7 Å². The molecule has 0 heterocycles. The Morgan fingerprint density at radius 1 is 1.17 bits per heavy atom. The Morgan fingerprint density at radius 2 is 1.58 bits per heavy atom. The quantitative estimate of drug-likeness (QED) is 0.361. The summed E-state index contributed by atoms with van der Waals surface area (Å²) in [5.74, 6) is -0.0833. The number of amidine groups is 1. The van der Waals surface area contributed by atoms with Gasteiger partial charge in [0.2, 0.25) is 5.91 Å². The topological polar surface area (TPSA) is 81.5 Å². The maximum absolute atomic E-state index is 9.47. The van der Waals surface area contributed by atoms with Crippen molar-refractivity contribution in [3.63, 3.8) is 0 Å². The average molecular weight is 167 g/mol. The van der Waals surface area contributed by atoms with Crippen LogP contribution >= 0.6 is 0 Å². The van der Waals surface area contributed by atoms with Gasteiger partial charge in [0.15, 0.2) is 0 Å². The van der Waals surface area contributed by atoms with Gasteiger partial charge in [0.25, 0.3) is 0 Å². The number of carbonyl (C=O) groups is 1. The molecule has 0 saturated carbocycles. The lowest BCUT2D eigenvalue weighted by Crippen LogP contribution is -2.05. The molecule has 0 aliphatic rings. The minimum absolute atomic E-state index is 0.398. The fraction of sp³-hybridized carbons (Fsp3) is 0. The second-order valence-electron chi connectivity index (χ2n) is 1.55. The SMILES string of the molecule is C=CC(N)=O.C=CN=C(N)C=C. The average Bonchev–Trinajstić information content (AvgIpc) is 2.06. The van der Waals surface area contributed by atoms with Crippen molar-refractivity contribution in [3.05, 3.63) is 38.1 Å². The third kappa shape index (κ3) is 15.7. The van der Waals surface area contributed by atoms with Gasteiger partial charge < -0.3 is 11.5 Å². The molecule has 0 saturated heterocycles. The van der Waals surface area contributed by atoms with Gasteiger partial charge in [0.1, 0.15) is 5.84 Å². The van der Waals surface area contributed by atoms with Gasteiger partial charge in [-0.15, -0.1) is 0 Å². The van der Waals surface area contributed by atoms with Gasteiger partial charge in [-0.25, -0.2) is 4.99 Å². The van der Waals surface area contributed by atoms with Gasteiger partial charge >= 0.3 is 0 Å². The Bertz CT molecular complexity index is 206. The summed E-state index contributed by atoms with van der Waals surface area (Å²) in [6.07, 6.45) is 3.89. The number of aliphatic imine (C=N–C) groups is 1. The van der Waals surface area contributed by atoms with E-state index in [1.807, 2.05) is 0 Å². The molecule has 0 aromatic rings. The number of hydrogen-bond acceptors (Lipinski definition) is 2. The summed E-state index contributed by atoms with van der Waals surface area (Å²) in [5.41, 5.74) is 9.68. The highest BCUT2D eigenvalue weighted by Crippen LogP contribution is 1.68. The molecule has 4 N–H and O–H groups in total. The normalized spacial score (nSPS) is 8.83. The first-order valence-electron chi connectivity index (χ1n) is 3.07. The van der Waals surface area contributed by atoms with Crippen LogP contribution in [-0.2, 0) is 4.79 Å². The first kappa shape index (κ1) is 12.8. The zero-order valence-corrected chi connectivity index (χ0v) is 6.86. The van der Waals surface area contributed by atoms with Crippen molar-refractivity contribution in [1.29, 1.82) is 0 Å². The summed E-state index contributed by atoms with van der Waals surface area (Å²) in [6, 6.07) is 0. The van der Waals surface area contributed by atoms with Crippen LogP contribution < -0.4 is 11.5 Å². The largest absolute Gasteiger partial charge is 0.384 e. The molecule has 0 aromatic heterocycles. The molecule has 0 fully saturated rings. The van der Waals surface area contributed by atoms with E-state index in [1.54, 1.807) is 0 Å². The summed E-state index contributed by atoms with van der Waals surface area (Å²) < 4.78 is 0. The number of amides is 1. The van der Waals surface area contributed by atoms with Crippen LogP contribution in [0.25, 0.3) is 0 Å². The van der Waals surface area contributed by atoms with E-state index in [2.05, 4.69) is 30.5 Å². The number of nitrogens with two attached hydrogens (primary N) is 2. The zero-order chi connectivity index (χ0) is 9.98. The number of primary amides is 1. The first-order chi connectivity index (χ1) is 5.58. The Kier molecular flexibility index (Phi) is 9.77. The molecule has 0 radical (unpaired) electrons. The van der Waals surface area contributed by atoms with Gasteiger partial charge in [-0.3, -0.25) is 4.79 Å². The molecule has 66 valence electrons. The van der Waals surface area contributed by atoms with E-state index >= 15 is 0 Å². The van der Waals surface area contributed by atoms with E-state index in [1.165, 1.54) is 12.3 Å². The van der Waals surface area contributed by atoms with Gasteiger partial charge in [0, 0.05) is 6.20 Å². The number of rotatable bonds is 3. The molecule has 0 aromatic carbocycles.